The number of nitrogens with zero attached hydrogens (tertiary/aromatic N) is 2. The molecule has 0 aliphatic heterocycles. The molecule has 0 aliphatic carbocycles. The summed E-state index contributed by atoms with van der Waals surface area (Å²) < 4.78 is 41.1. The van der Waals surface area contributed by atoms with E-state index in [2.05, 4.69) is 21.0 Å². The highest BCUT2D eigenvalue weighted by atomic mass is 79.9. The second kappa shape index (κ2) is 6.17. The number of hydrogen-bond acceptors (Lipinski definition) is 2. The zero-order chi connectivity index (χ0) is 15.6. The summed E-state index contributed by atoms with van der Waals surface area (Å²) in [6, 6.07) is 4.74. The van der Waals surface area contributed by atoms with E-state index in [4.69, 9.17) is 5.41 Å². The summed E-state index contributed by atoms with van der Waals surface area (Å²) in [5.41, 5.74) is 0.0995. The van der Waals surface area contributed by atoms with E-state index in [9.17, 15) is 13.2 Å². The van der Waals surface area contributed by atoms with Crippen molar-refractivity contribution < 1.29 is 13.2 Å². The third-order valence-electron chi connectivity index (χ3n) is 3.16. The Hall–Kier alpha value is -1.37. The minimum atomic E-state index is -4.48. The Labute approximate surface area is 128 Å². The number of halogens is 4. The van der Waals surface area contributed by atoms with Crippen molar-refractivity contribution in [2.45, 2.75) is 38.9 Å². The summed E-state index contributed by atoms with van der Waals surface area (Å²) in [6.07, 6.45) is -2.55. The lowest BCUT2D eigenvalue weighted by atomic mass is 10.1. The van der Waals surface area contributed by atoms with Gasteiger partial charge in [-0.3, -0.25) is 4.68 Å². The predicted molar refractivity (Wildman–Crippen MR) is 79.7 cm³/mol. The standard InChI is InChI=1S/C14H15BrF3N3/c1-2-3-10(19)6-7-21-12-5-4-9(15)8-11(12)13(20-21)14(16,17)18/h4-5,8,19H,2-3,6-7H2,1H3. The minimum Gasteiger partial charge on any atom is -0.310 e. The molecule has 2 rings (SSSR count). The summed E-state index contributed by atoms with van der Waals surface area (Å²) >= 11 is 3.19. The molecule has 0 aliphatic rings. The van der Waals surface area contributed by atoms with Crippen molar-refractivity contribution in [1.82, 2.24) is 9.78 Å². The number of fused-ring (bicyclic) bond motifs is 1. The third kappa shape index (κ3) is 3.64. The van der Waals surface area contributed by atoms with Gasteiger partial charge in [0, 0.05) is 28.5 Å². The molecule has 1 heterocycles. The van der Waals surface area contributed by atoms with Crippen molar-refractivity contribution in [3.05, 3.63) is 28.4 Å². The number of benzene rings is 1. The van der Waals surface area contributed by atoms with Crippen LogP contribution in [-0.4, -0.2) is 15.5 Å². The number of nitrogens with one attached hydrogen (secondary N) is 1. The molecule has 0 saturated carbocycles. The fraction of sp³-hybridized carbons (Fsp3) is 0.429. The minimum absolute atomic E-state index is 0.0823. The molecule has 0 amide bonds. The van der Waals surface area contributed by atoms with Crippen LogP contribution in [0.4, 0.5) is 13.2 Å². The maximum atomic E-state index is 13.0. The van der Waals surface area contributed by atoms with Gasteiger partial charge < -0.3 is 5.41 Å². The zero-order valence-corrected chi connectivity index (χ0v) is 13.1. The van der Waals surface area contributed by atoms with Gasteiger partial charge in [0.2, 0.25) is 0 Å². The smallest absolute Gasteiger partial charge is 0.310 e. The van der Waals surface area contributed by atoms with Crippen LogP contribution in [0.25, 0.3) is 10.9 Å². The Balaban J connectivity index is 2.38. The van der Waals surface area contributed by atoms with Gasteiger partial charge in [-0.1, -0.05) is 29.3 Å². The van der Waals surface area contributed by atoms with Gasteiger partial charge in [-0.25, -0.2) is 0 Å². The Morgan fingerprint density at radius 3 is 2.67 bits per heavy atom. The van der Waals surface area contributed by atoms with Crippen LogP contribution in [0.15, 0.2) is 22.7 Å². The van der Waals surface area contributed by atoms with E-state index in [1.165, 1.54) is 10.7 Å². The monoisotopic (exact) mass is 361 g/mol. The molecule has 0 fully saturated rings. The molecule has 3 nitrogen and oxygen atoms in total. The quantitative estimate of drug-likeness (QED) is 0.745. The Morgan fingerprint density at radius 2 is 2.05 bits per heavy atom. The van der Waals surface area contributed by atoms with Crippen LogP contribution in [0.2, 0.25) is 0 Å². The van der Waals surface area contributed by atoms with Gasteiger partial charge in [0.05, 0.1) is 5.52 Å². The first-order chi connectivity index (χ1) is 9.82. The van der Waals surface area contributed by atoms with Gasteiger partial charge in [-0.2, -0.15) is 18.3 Å². The molecular formula is C14H15BrF3N3. The summed E-state index contributed by atoms with van der Waals surface area (Å²) in [5.74, 6) is 0. The number of alkyl halides is 3. The number of hydrogen-bond donors (Lipinski definition) is 1. The molecule has 1 aromatic carbocycles. The topological polar surface area (TPSA) is 41.7 Å². The molecule has 7 heteroatoms. The SMILES string of the molecule is CCCC(=N)CCn1nc(C(F)(F)F)c2cc(Br)ccc21. The Morgan fingerprint density at radius 1 is 1.33 bits per heavy atom. The number of aryl methyl sites for hydroxylation is 1. The van der Waals surface area contributed by atoms with Gasteiger partial charge in [0.25, 0.3) is 0 Å². The van der Waals surface area contributed by atoms with E-state index >= 15 is 0 Å². The van der Waals surface area contributed by atoms with Crippen molar-refractivity contribution in [3.8, 4) is 0 Å². The van der Waals surface area contributed by atoms with Crippen LogP contribution in [0.3, 0.4) is 0 Å². The molecule has 2 aromatic rings. The van der Waals surface area contributed by atoms with E-state index in [0.717, 1.165) is 6.42 Å². The molecule has 21 heavy (non-hydrogen) atoms. The van der Waals surface area contributed by atoms with Gasteiger partial charge in [0.15, 0.2) is 5.69 Å². The van der Waals surface area contributed by atoms with Crippen LogP contribution < -0.4 is 0 Å². The molecule has 0 bridgehead atoms. The highest BCUT2D eigenvalue weighted by molar-refractivity contribution is 9.10. The Kier molecular flexibility index (Phi) is 4.70. The lowest BCUT2D eigenvalue weighted by molar-refractivity contribution is -0.140. The third-order valence-corrected chi connectivity index (χ3v) is 3.65. The van der Waals surface area contributed by atoms with Crippen LogP contribution in [0, 0.1) is 5.41 Å². The van der Waals surface area contributed by atoms with E-state index in [0.29, 0.717) is 28.5 Å². The second-order valence-corrected chi connectivity index (χ2v) is 5.75. The first-order valence-corrected chi connectivity index (χ1v) is 7.41. The zero-order valence-electron chi connectivity index (χ0n) is 11.5. The molecule has 1 aromatic heterocycles. The molecule has 0 saturated heterocycles. The first-order valence-electron chi connectivity index (χ1n) is 6.62. The van der Waals surface area contributed by atoms with Crippen LogP contribution >= 0.6 is 15.9 Å². The van der Waals surface area contributed by atoms with Gasteiger partial charge in [-0.05, 0) is 24.6 Å². The van der Waals surface area contributed by atoms with Crippen molar-refractivity contribution in [2.24, 2.45) is 0 Å². The van der Waals surface area contributed by atoms with Crippen LogP contribution in [0.1, 0.15) is 31.9 Å². The highest BCUT2D eigenvalue weighted by Gasteiger charge is 2.36. The molecule has 114 valence electrons. The molecule has 1 N–H and O–H groups in total. The lowest BCUT2D eigenvalue weighted by Crippen LogP contribution is -2.10. The predicted octanol–water partition coefficient (Wildman–Crippen LogP) is 5.03. The van der Waals surface area contributed by atoms with Gasteiger partial charge in [0.1, 0.15) is 0 Å². The van der Waals surface area contributed by atoms with Crippen LogP contribution in [-0.2, 0) is 12.7 Å². The summed E-state index contributed by atoms with van der Waals surface area (Å²) in [5, 5.41) is 11.5. The summed E-state index contributed by atoms with van der Waals surface area (Å²) in [6.45, 7) is 2.25. The molecule has 0 spiro atoms. The maximum absolute atomic E-state index is 13.0. The molecule has 0 unspecified atom stereocenters. The highest BCUT2D eigenvalue weighted by Crippen LogP contribution is 2.35. The fourth-order valence-corrected chi connectivity index (χ4v) is 2.56. The average molecular weight is 362 g/mol. The van der Waals surface area contributed by atoms with Gasteiger partial charge >= 0.3 is 6.18 Å². The van der Waals surface area contributed by atoms with E-state index < -0.39 is 11.9 Å². The second-order valence-electron chi connectivity index (χ2n) is 4.83. The normalized spacial score (nSPS) is 12.0. The molecule has 0 radical (unpaired) electrons. The van der Waals surface area contributed by atoms with Gasteiger partial charge in [-0.15, -0.1) is 0 Å². The maximum Gasteiger partial charge on any atom is 0.435 e. The van der Waals surface area contributed by atoms with E-state index in [1.54, 1.807) is 12.1 Å². The van der Waals surface area contributed by atoms with Crippen molar-refractivity contribution in [3.63, 3.8) is 0 Å². The number of aromatic nitrogens is 2. The largest absolute Gasteiger partial charge is 0.435 e. The summed E-state index contributed by atoms with van der Waals surface area (Å²) in [7, 11) is 0. The lowest BCUT2D eigenvalue weighted by Gasteiger charge is -2.04. The molecule has 0 atom stereocenters. The van der Waals surface area contributed by atoms with Crippen molar-refractivity contribution >= 4 is 32.5 Å². The van der Waals surface area contributed by atoms with Crippen molar-refractivity contribution in [2.75, 3.05) is 0 Å². The number of rotatable bonds is 5. The fourth-order valence-electron chi connectivity index (χ4n) is 2.20. The van der Waals surface area contributed by atoms with E-state index in [-0.39, 0.29) is 11.9 Å². The van der Waals surface area contributed by atoms with Crippen molar-refractivity contribution in [1.29, 1.82) is 5.41 Å². The molecular weight excluding hydrogens is 347 g/mol. The average Bonchev–Trinajstić information content (AvgIpc) is 2.74. The first kappa shape index (κ1) is 16.0. The van der Waals surface area contributed by atoms with Crippen LogP contribution in [0.5, 0.6) is 0 Å². The van der Waals surface area contributed by atoms with E-state index in [1.807, 2.05) is 6.92 Å². The Bertz CT molecular complexity index is 661. The summed E-state index contributed by atoms with van der Waals surface area (Å²) in [4.78, 5) is 0.